The topological polar surface area (TPSA) is 51.9 Å². The Morgan fingerprint density at radius 3 is 2.53 bits per heavy atom. The first kappa shape index (κ1) is 22.4. The zero-order valence-electron chi connectivity index (χ0n) is 18.6. The average molecular weight is 518 g/mol. The first-order valence-electron chi connectivity index (χ1n) is 11.2. The van der Waals surface area contributed by atoms with Gasteiger partial charge in [0.05, 0.1) is 13.2 Å². The van der Waals surface area contributed by atoms with Gasteiger partial charge in [-0.1, -0.05) is 28.1 Å². The lowest BCUT2D eigenvalue weighted by atomic mass is 10.1. The van der Waals surface area contributed by atoms with Crippen LogP contribution in [0.25, 0.3) is 16.8 Å². The average Bonchev–Trinajstić information content (AvgIpc) is 3.34. The van der Waals surface area contributed by atoms with Gasteiger partial charge in [-0.15, -0.1) is 0 Å². The maximum absolute atomic E-state index is 12.6. The second kappa shape index (κ2) is 10.3. The molecule has 0 saturated carbocycles. The Morgan fingerprint density at radius 1 is 0.941 bits per heavy atom. The van der Waals surface area contributed by atoms with Crippen molar-refractivity contribution >= 4 is 44.2 Å². The van der Waals surface area contributed by atoms with Crippen LogP contribution in [0, 0.1) is 0 Å². The van der Waals surface area contributed by atoms with Gasteiger partial charge >= 0.3 is 0 Å². The highest BCUT2D eigenvalue weighted by molar-refractivity contribution is 9.10. The Labute approximate surface area is 206 Å². The second-order valence-corrected chi connectivity index (χ2v) is 9.01. The fourth-order valence-corrected chi connectivity index (χ4v) is 4.29. The maximum atomic E-state index is 12.6. The number of benzene rings is 3. The Bertz CT molecular complexity index is 1320. The van der Waals surface area contributed by atoms with E-state index in [1.807, 2.05) is 60.7 Å². The van der Waals surface area contributed by atoms with Crippen molar-refractivity contribution in [1.29, 1.82) is 0 Å². The molecule has 0 N–H and O–H groups in total. The first-order chi connectivity index (χ1) is 16.6. The van der Waals surface area contributed by atoms with E-state index >= 15 is 0 Å². The van der Waals surface area contributed by atoms with Gasteiger partial charge in [0.2, 0.25) is 0 Å². The third-order valence-corrected chi connectivity index (χ3v) is 6.26. The first-order valence-corrected chi connectivity index (χ1v) is 12.0. The summed E-state index contributed by atoms with van der Waals surface area (Å²) in [6.45, 7) is 3.53. The van der Waals surface area contributed by atoms with Gasteiger partial charge in [0.15, 0.2) is 5.78 Å². The molecular weight excluding hydrogens is 494 g/mol. The van der Waals surface area contributed by atoms with Gasteiger partial charge in [0.1, 0.15) is 23.9 Å². The molecule has 5 rings (SSSR count). The molecule has 1 saturated heterocycles. The smallest absolute Gasteiger partial charge is 0.185 e. The molecule has 1 fully saturated rings. The van der Waals surface area contributed by atoms with Crippen molar-refractivity contribution in [3.63, 3.8) is 0 Å². The molecule has 0 atom stereocenters. The summed E-state index contributed by atoms with van der Waals surface area (Å²) >= 11 is 3.49. The summed E-state index contributed by atoms with van der Waals surface area (Å²) in [5.41, 5.74) is 1.76. The van der Waals surface area contributed by atoms with Crippen LogP contribution in [0.1, 0.15) is 21.9 Å². The monoisotopic (exact) mass is 517 g/mol. The van der Waals surface area contributed by atoms with E-state index in [9.17, 15) is 4.79 Å². The molecule has 1 aliphatic rings. The third-order valence-electron chi connectivity index (χ3n) is 5.76. The fourth-order valence-electron chi connectivity index (χ4n) is 3.91. The number of rotatable bonds is 7. The van der Waals surface area contributed by atoms with Gasteiger partial charge in [0.25, 0.3) is 0 Å². The van der Waals surface area contributed by atoms with Crippen molar-refractivity contribution in [2.75, 3.05) is 31.2 Å². The quantitative estimate of drug-likeness (QED) is 0.206. The molecule has 6 heteroatoms. The van der Waals surface area contributed by atoms with Gasteiger partial charge in [-0.25, -0.2) is 0 Å². The van der Waals surface area contributed by atoms with Crippen molar-refractivity contribution in [2.24, 2.45) is 0 Å². The number of allylic oxidation sites excluding steroid dienone is 1. The zero-order valence-corrected chi connectivity index (χ0v) is 20.2. The molecule has 5 nitrogen and oxygen atoms in total. The van der Waals surface area contributed by atoms with Crippen LogP contribution < -0.4 is 9.64 Å². The highest BCUT2D eigenvalue weighted by Gasteiger charge is 2.12. The second-order valence-electron chi connectivity index (χ2n) is 8.09. The molecule has 0 spiro atoms. The van der Waals surface area contributed by atoms with Crippen LogP contribution in [-0.4, -0.2) is 32.1 Å². The highest BCUT2D eigenvalue weighted by Crippen LogP contribution is 2.25. The van der Waals surface area contributed by atoms with Crippen LogP contribution >= 0.6 is 15.9 Å². The lowest BCUT2D eigenvalue weighted by Gasteiger charge is -2.28. The Kier molecular flexibility index (Phi) is 6.79. The number of carbonyl (C=O) groups excluding carboxylic acids is 1. The third kappa shape index (κ3) is 5.41. The summed E-state index contributed by atoms with van der Waals surface area (Å²) in [6, 6.07) is 23.5. The number of anilines is 1. The number of halogens is 1. The molecule has 2 heterocycles. The number of hydrogen-bond donors (Lipinski definition) is 0. The van der Waals surface area contributed by atoms with Gasteiger partial charge < -0.3 is 18.8 Å². The van der Waals surface area contributed by atoms with Crippen LogP contribution in [-0.2, 0) is 11.3 Å². The normalized spacial score (nSPS) is 14.1. The number of hydrogen-bond acceptors (Lipinski definition) is 5. The number of fused-ring (bicyclic) bond motifs is 1. The van der Waals surface area contributed by atoms with Crippen molar-refractivity contribution in [1.82, 2.24) is 0 Å². The lowest BCUT2D eigenvalue weighted by molar-refractivity contribution is 0.104. The molecule has 0 bridgehead atoms. The van der Waals surface area contributed by atoms with Crippen molar-refractivity contribution in [3.05, 3.63) is 100 Å². The summed E-state index contributed by atoms with van der Waals surface area (Å²) in [5.74, 6) is 2.02. The summed E-state index contributed by atoms with van der Waals surface area (Å²) in [7, 11) is 0. The van der Waals surface area contributed by atoms with Crippen molar-refractivity contribution < 1.29 is 18.7 Å². The Hall–Kier alpha value is -3.35. The number of ketones is 1. The molecule has 3 aromatic carbocycles. The minimum Gasteiger partial charge on any atom is -0.486 e. The van der Waals surface area contributed by atoms with E-state index in [0.29, 0.717) is 23.7 Å². The number of morpholine rings is 1. The van der Waals surface area contributed by atoms with Gasteiger partial charge in [-0.05, 0) is 83.6 Å². The molecule has 172 valence electrons. The maximum Gasteiger partial charge on any atom is 0.185 e. The summed E-state index contributed by atoms with van der Waals surface area (Å²) < 4.78 is 18.1. The predicted octanol–water partition coefficient (Wildman–Crippen LogP) is 6.51. The van der Waals surface area contributed by atoms with Crippen LogP contribution in [0.15, 0.2) is 87.8 Å². The number of carbonyl (C=O) groups is 1. The van der Waals surface area contributed by atoms with E-state index < -0.39 is 0 Å². The zero-order chi connectivity index (χ0) is 23.3. The van der Waals surface area contributed by atoms with Crippen LogP contribution in [0.2, 0.25) is 0 Å². The standard InChI is InChI=1S/C28H24BrNO4/c29-23-5-1-22-18-26(8-4-21(22)17-23)33-19-27-10-9-25(34-27)11-12-28(31)20-2-6-24(7-3-20)30-13-15-32-16-14-30/h1-12,17-18H,13-16,19H2/b12-11+. The van der Waals surface area contributed by atoms with E-state index in [0.717, 1.165) is 53.0 Å². The number of furan rings is 1. The van der Waals surface area contributed by atoms with Gasteiger partial charge in [-0.2, -0.15) is 0 Å². The van der Waals surface area contributed by atoms with E-state index in [4.69, 9.17) is 13.9 Å². The molecule has 0 radical (unpaired) electrons. The number of ether oxygens (including phenoxy) is 2. The van der Waals surface area contributed by atoms with Gasteiger partial charge in [0, 0.05) is 28.8 Å². The van der Waals surface area contributed by atoms with Crippen molar-refractivity contribution in [2.45, 2.75) is 6.61 Å². The molecule has 0 aliphatic carbocycles. The molecule has 1 aromatic heterocycles. The molecule has 1 aliphatic heterocycles. The molecule has 34 heavy (non-hydrogen) atoms. The highest BCUT2D eigenvalue weighted by atomic mass is 79.9. The van der Waals surface area contributed by atoms with Crippen molar-refractivity contribution in [3.8, 4) is 5.75 Å². The predicted molar refractivity (Wildman–Crippen MR) is 138 cm³/mol. The van der Waals surface area contributed by atoms with Crippen LogP contribution in [0.4, 0.5) is 5.69 Å². The van der Waals surface area contributed by atoms with E-state index in [2.05, 4.69) is 33.0 Å². The Balaban J connectivity index is 1.17. The summed E-state index contributed by atoms with van der Waals surface area (Å²) in [4.78, 5) is 14.8. The minimum absolute atomic E-state index is 0.0643. The largest absolute Gasteiger partial charge is 0.486 e. The number of nitrogens with zero attached hydrogens (tertiary/aromatic N) is 1. The molecule has 0 unspecified atom stereocenters. The van der Waals surface area contributed by atoms with Gasteiger partial charge in [-0.3, -0.25) is 4.79 Å². The Morgan fingerprint density at radius 2 is 1.71 bits per heavy atom. The SMILES string of the molecule is O=C(/C=C/c1ccc(COc2ccc3cc(Br)ccc3c2)o1)c1ccc(N2CCOCC2)cc1. The summed E-state index contributed by atoms with van der Waals surface area (Å²) in [5, 5.41) is 2.26. The summed E-state index contributed by atoms with van der Waals surface area (Å²) in [6.07, 6.45) is 3.23. The molecule has 0 amide bonds. The van der Waals surface area contributed by atoms with E-state index in [1.54, 1.807) is 6.08 Å². The van der Waals surface area contributed by atoms with Crippen LogP contribution in [0.5, 0.6) is 5.75 Å². The van der Waals surface area contributed by atoms with E-state index in [-0.39, 0.29) is 5.78 Å². The lowest BCUT2D eigenvalue weighted by Crippen LogP contribution is -2.36. The minimum atomic E-state index is -0.0643. The van der Waals surface area contributed by atoms with Crippen LogP contribution in [0.3, 0.4) is 0 Å². The molecular formula is C28H24BrNO4. The fraction of sp³-hybridized carbons (Fsp3) is 0.179. The van der Waals surface area contributed by atoms with E-state index in [1.165, 1.54) is 6.08 Å². The molecule has 4 aromatic rings.